The van der Waals surface area contributed by atoms with Crippen LogP contribution in [0, 0.1) is 0 Å². The van der Waals surface area contributed by atoms with Gasteiger partial charge in [-0.15, -0.1) is 0 Å². The molecule has 0 bridgehead atoms. The Kier molecular flexibility index (Phi) is 8.32. The van der Waals surface area contributed by atoms with E-state index in [0.717, 1.165) is 0 Å². The minimum atomic E-state index is -4.93. The van der Waals surface area contributed by atoms with Crippen LogP contribution in [0.3, 0.4) is 0 Å². The van der Waals surface area contributed by atoms with Crippen LogP contribution in [0.4, 0.5) is 26.3 Å². The molecule has 0 N–H and O–H groups in total. The molecule has 5 nitrogen and oxygen atoms in total. The van der Waals surface area contributed by atoms with Crippen molar-refractivity contribution in [3.05, 3.63) is 64.7 Å². The standard InChI is InChI=1S/C24H26F6N2O3/c1-31(7-6-16-12-18(23(25,26)27)15-19(13-16)24(28,29)30)22(33)21(32-8-10-35-11-9-32)17-4-3-5-20(14-17)34-2/h3-5,12-15,21H,6-11H2,1-2H3. The molecule has 0 spiro atoms. The van der Waals surface area contributed by atoms with Crippen LogP contribution in [0.2, 0.25) is 0 Å². The van der Waals surface area contributed by atoms with Crippen LogP contribution in [0.1, 0.15) is 28.3 Å². The van der Waals surface area contributed by atoms with Crippen molar-refractivity contribution in [2.45, 2.75) is 24.8 Å². The molecule has 0 saturated carbocycles. The second kappa shape index (κ2) is 10.9. The van der Waals surface area contributed by atoms with Crippen LogP contribution in [0.5, 0.6) is 5.75 Å². The lowest BCUT2D eigenvalue weighted by Gasteiger charge is -2.36. The van der Waals surface area contributed by atoms with Crippen molar-refractivity contribution in [3.63, 3.8) is 0 Å². The summed E-state index contributed by atoms with van der Waals surface area (Å²) >= 11 is 0. The normalized spacial score (nSPS) is 16.1. The third-order valence-corrected chi connectivity index (χ3v) is 5.81. The number of nitrogens with zero attached hydrogens (tertiary/aromatic N) is 2. The minimum absolute atomic E-state index is 0.0672. The molecule has 0 aromatic heterocycles. The SMILES string of the molecule is COc1cccc(C(C(=O)N(C)CCc2cc(C(F)(F)F)cc(C(F)(F)F)c2)N2CCOCC2)c1. The molecule has 1 amide bonds. The Labute approximate surface area is 199 Å². The van der Waals surface area contributed by atoms with E-state index in [1.165, 1.54) is 19.1 Å². The first kappa shape index (κ1) is 26.8. The lowest BCUT2D eigenvalue weighted by Crippen LogP contribution is -2.46. The highest BCUT2D eigenvalue weighted by molar-refractivity contribution is 5.83. The summed E-state index contributed by atoms with van der Waals surface area (Å²) in [7, 11) is 2.98. The number of methoxy groups -OCH3 is 1. The minimum Gasteiger partial charge on any atom is -0.497 e. The number of morpholine rings is 1. The van der Waals surface area contributed by atoms with Gasteiger partial charge in [0, 0.05) is 26.7 Å². The third-order valence-electron chi connectivity index (χ3n) is 5.81. The topological polar surface area (TPSA) is 42.0 Å². The number of likely N-dealkylation sites (N-methyl/N-ethyl adjacent to an activating group) is 1. The average molecular weight is 504 g/mol. The van der Waals surface area contributed by atoms with Gasteiger partial charge in [-0.3, -0.25) is 9.69 Å². The molecule has 1 atom stereocenters. The van der Waals surface area contributed by atoms with Crippen molar-refractivity contribution in [2.75, 3.05) is 47.0 Å². The molecule has 0 radical (unpaired) electrons. The maximum absolute atomic E-state index is 13.5. The quantitative estimate of drug-likeness (QED) is 0.508. The predicted molar refractivity (Wildman–Crippen MR) is 116 cm³/mol. The Morgan fingerprint density at radius 2 is 1.63 bits per heavy atom. The summed E-state index contributed by atoms with van der Waals surface area (Å²) in [5.74, 6) is 0.225. The van der Waals surface area contributed by atoms with E-state index >= 15 is 0 Å². The maximum Gasteiger partial charge on any atom is 0.416 e. The van der Waals surface area contributed by atoms with Gasteiger partial charge < -0.3 is 14.4 Å². The van der Waals surface area contributed by atoms with E-state index in [1.807, 2.05) is 4.90 Å². The molecule has 3 rings (SSSR count). The molecule has 1 aliphatic rings. The van der Waals surface area contributed by atoms with Gasteiger partial charge in [-0.25, -0.2) is 0 Å². The predicted octanol–water partition coefficient (Wildman–Crippen LogP) is 4.81. The summed E-state index contributed by atoms with van der Waals surface area (Å²) in [6, 6.07) is 7.76. The molecule has 1 aliphatic heterocycles. The van der Waals surface area contributed by atoms with E-state index in [9.17, 15) is 31.1 Å². The van der Waals surface area contributed by atoms with Crippen molar-refractivity contribution >= 4 is 5.91 Å². The number of ether oxygens (including phenoxy) is 2. The molecule has 1 heterocycles. The molecule has 2 aromatic rings. The fourth-order valence-electron chi connectivity index (χ4n) is 3.94. The van der Waals surface area contributed by atoms with Crippen molar-refractivity contribution in [1.29, 1.82) is 0 Å². The highest BCUT2D eigenvalue weighted by Crippen LogP contribution is 2.36. The first-order chi connectivity index (χ1) is 16.4. The van der Waals surface area contributed by atoms with Crippen LogP contribution in [0.25, 0.3) is 0 Å². The number of carbonyl (C=O) groups excluding carboxylic acids is 1. The Bertz CT molecular complexity index is 987. The molecular formula is C24H26F6N2O3. The average Bonchev–Trinajstić information content (AvgIpc) is 2.82. The first-order valence-electron chi connectivity index (χ1n) is 10.9. The molecule has 35 heavy (non-hydrogen) atoms. The number of halogens is 6. The van der Waals surface area contributed by atoms with Crippen molar-refractivity contribution in [2.24, 2.45) is 0 Å². The molecule has 192 valence electrons. The van der Waals surface area contributed by atoms with E-state index < -0.39 is 29.5 Å². The summed E-state index contributed by atoms with van der Waals surface area (Å²) in [5, 5.41) is 0. The lowest BCUT2D eigenvalue weighted by atomic mass is 10.0. The fourth-order valence-corrected chi connectivity index (χ4v) is 3.94. The van der Waals surface area contributed by atoms with E-state index in [1.54, 1.807) is 24.3 Å². The molecule has 11 heteroatoms. The van der Waals surface area contributed by atoms with E-state index in [2.05, 4.69) is 0 Å². The lowest BCUT2D eigenvalue weighted by molar-refractivity contribution is -0.143. The summed E-state index contributed by atoms with van der Waals surface area (Å²) in [6.45, 7) is 1.78. The van der Waals surface area contributed by atoms with E-state index in [-0.39, 0.29) is 30.5 Å². The molecule has 1 unspecified atom stereocenters. The Morgan fingerprint density at radius 3 is 2.17 bits per heavy atom. The van der Waals surface area contributed by atoms with E-state index in [4.69, 9.17) is 9.47 Å². The third kappa shape index (κ3) is 6.88. The van der Waals surface area contributed by atoms with Crippen LogP contribution in [-0.4, -0.2) is 62.7 Å². The Morgan fingerprint density at radius 1 is 1.03 bits per heavy atom. The van der Waals surface area contributed by atoms with Gasteiger partial charge in [0.05, 0.1) is 31.5 Å². The number of hydrogen-bond donors (Lipinski definition) is 0. The number of carbonyl (C=O) groups is 1. The van der Waals surface area contributed by atoms with Crippen LogP contribution >= 0.6 is 0 Å². The highest BCUT2D eigenvalue weighted by Gasteiger charge is 2.37. The number of amides is 1. The maximum atomic E-state index is 13.5. The van der Waals surface area contributed by atoms with Crippen molar-refractivity contribution in [1.82, 2.24) is 9.80 Å². The van der Waals surface area contributed by atoms with Gasteiger partial charge in [0.15, 0.2) is 0 Å². The van der Waals surface area contributed by atoms with Crippen molar-refractivity contribution < 1.29 is 40.6 Å². The van der Waals surface area contributed by atoms with Crippen LogP contribution < -0.4 is 4.74 Å². The summed E-state index contributed by atoms with van der Waals surface area (Å²) in [6.07, 6.45) is -10.0. The van der Waals surface area contributed by atoms with Crippen LogP contribution in [-0.2, 0) is 28.3 Å². The van der Waals surface area contributed by atoms with Gasteiger partial charge in [-0.1, -0.05) is 12.1 Å². The molecule has 1 fully saturated rings. The second-order valence-electron chi connectivity index (χ2n) is 8.25. The summed E-state index contributed by atoms with van der Waals surface area (Å²) in [5.41, 5.74) is -2.24. The van der Waals surface area contributed by atoms with Gasteiger partial charge in [0.1, 0.15) is 11.8 Å². The molecule has 1 saturated heterocycles. The zero-order valence-electron chi connectivity index (χ0n) is 19.2. The fraction of sp³-hybridized carbons (Fsp3) is 0.458. The van der Waals surface area contributed by atoms with Gasteiger partial charge in [-0.2, -0.15) is 26.3 Å². The molecule has 2 aromatic carbocycles. The smallest absolute Gasteiger partial charge is 0.416 e. The second-order valence-corrected chi connectivity index (χ2v) is 8.25. The molecular weight excluding hydrogens is 478 g/mol. The van der Waals surface area contributed by atoms with Gasteiger partial charge in [0.2, 0.25) is 5.91 Å². The zero-order valence-corrected chi connectivity index (χ0v) is 19.2. The number of rotatable bonds is 7. The van der Waals surface area contributed by atoms with Gasteiger partial charge >= 0.3 is 12.4 Å². The Balaban J connectivity index is 1.83. The monoisotopic (exact) mass is 504 g/mol. The summed E-state index contributed by atoms with van der Waals surface area (Å²) in [4.78, 5) is 16.7. The van der Waals surface area contributed by atoms with Crippen molar-refractivity contribution in [3.8, 4) is 5.75 Å². The zero-order chi connectivity index (χ0) is 25.8. The Hall–Kier alpha value is -2.79. The number of hydrogen-bond acceptors (Lipinski definition) is 4. The molecule has 0 aliphatic carbocycles. The van der Waals surface area contributed by atoms with E-state index in [0.29, 0.717) is 49.7 Å². The van der Waals surface area contributed by atoms with Gasteiger partial charge in [-0.05, 0) is 47.9 Å². The first-order valence-corrected chi connectivity index (χ1v) is 10.9. The highest BCUT2D eigenvalue weighted by atomic mass is 19.4. The number of alkyl halides is 6. The number of benzene rings is 2. The summed E-state index contributed by atoms with van der Waals surface area (Å²) < 4.78 is 89.6. The van der Waals surface area contributed by atoms with Crippen LogP contribution in [0.15, 0.2) is 42.5 Å². The van der Waals surface area contributed by atoms with Gasteiger partial charge in [0.25, 0.3) is 0 Å². The largest absolute Gasteiger partial charge is 0.497 e.